The summed E-state index contributed by atoms with van der Waals surface area (Å²) < 4.78 is 5.76. The van der Waals surface area contributed by atoms with Crippen LogP contribution in [0.5, 0.6) is 5.75 Å². The molecule has 1 heterocycles. The molecule has 1 aromatic carbocycles. The number of allylic oxidation sites excluding steroid dienone is 1. The van der Waals surface area contributed by atoms with Crippen molar-refractivity contribution in [3.8, 4) is 5.75 Å². The van der Waals surface area contributed by atoms with Crippen LogP contribution in [0.4, 0.5) is 5.69 Å². The molecular weight excluding hydrogens is 300 g/mol. The Balaban J connectivity index is 1.54. The first-order valence-electron chi connectivity index (χ1n) is 9.13. The second-order valence-corrected chi connectivity index (χ2v) is 6.92. The summed E-state index contributed by atoms with van der Waals surface area (Å²) >= 11 is 0. The minimum absolute atomic E-state index is 0.135. The molecule has 0 radical (unpaired) electrons. The molecule has 2 N–H and O–H groups in total. The second kappa shape index (κ2) is 7.84. The lowest BCUT2D eigenvalue weighted by atomic mass is 9.97. The van der Waals surface area contributed by atoms with Crippen molar-refractivity contribution in [3.05, 3.63) is 35.4 Å². The summed E-state index contributed by atoms with van der Waals surface area (Å²) in [7, 11) is 0. The van der Waals surface area contributed by atoms with Gasteiger partial charge in [0.1, 0.15) is 11.9 Å². The molecule has 0 amide bonds. The van der Waals surface area contributed by atoms with Gasteiger partial charge in [-0.3, -0.25) is 4.79 Å². The van der Waals surface area contributed by atoms with Crippen LogP contribution in [-0.2, 0) is 0 Å². The fourth-order valence-corrected chi connectivity index (χ4v) is 3.36. The summed E-state index contributed by atoms with van der Waals surface area (Å²) in [5.74, 6) is 0.964. The summed E-state index contributed by atoms with van der Waals surface area (Å²) in [6.07, 6.45) is 8.65. The molecular formula is C20H28N2O2. The van der Waals surface area contributed by atoms with Gasteiger partial charge < -0.3 is 15.4 Å². The maximum Gasteiger partial charge on any atom is 0.179 e. The van der Waals surface area contributed by atoms with Crippen molar-refractivity contribution < 1.29 is 9.53 Å². The SMILES string of the molecule is CC1CNc2cc(C(=O)C(C)NCCC3=CCCCC3)ccc2O1. The smallest absolute Gasteiger partial charge is 0.179 e. The molecule has 130 valence electrons. The van der Waals surface area contributed by atoms with Gasteiger partial charge in [-0.25, -0.2) is 0 Å². The van der Waals surface area contributed by atoms with Crippen LogP contribution < -0.4 is 15.4 Å². The predicted octanol–water partition coefficient (Wildman–Crippen LogP) is 3.93. The van der Waals surface area contributed by atoms with Crippen molar-refractivity contribution >= 4 is 11.5 Å². The molecule has 1 aliphatic carbocycles. The largest absolute Gasteiger partial charge is 0.487 e. The van der Waals surface area contributed by atoms with Crippen LogP contribution in [0.15, 0.2) is 29.8 Å². The van der Waals surface area contributed by atoms with Crippen LogP contribution in [0.1, 0.15) is 56.3 Å². The number of ether oxygens (including phenoxy) is 1. The molecule has 1 aromatic rings. The van der Waals surface area contributed by atoms with Gasteiger partial charge in [0.15, 0.2) is 5.78 Å². The van der Waals surface area contributed by atoms with Crippen LogP contribution in [0.3, 0.4) is 0 Å². The van der Waals surface area contributed by atoms with E-state index in [1.165, 1.54) is 31.3 Å². The zero-order chi connectivity index (χ0) is 16.9. The van der Waals surface area contributed by atoms with Crippen molar-refractivity contribution in [2.24, 2.45) is 0 Å². The number of ketones is 1. The number of rotatable bonds is 6. The number of nitrogens with one attached hydrogen (secondary N) is 2. The maximum atomic E-state index is 12.6. The quantitative estimate of drug-likeness (QED) is 0.614. The maximum absolute atomic E-state index is 12.6. The second-order valence-electron chi connectivity index (χ2n) is 6.92. The van der Waals surface area contributed by atoms with Gasteiger partial charge in [0.25, 0.3) is 0 Å². The zero-order valence-corrected chi connectivity index (χ0v) is 14.7. The highest BCUT2D eigenvalue weighted by Crippen LogP contribution is 2.30. The molecule has 0 aromatic heterocycles. The Morgan fingerprint density at radius 1 is 1.42 bits per heavy atom. The van der Waals surface area contributed by atoms with Crippen molar-refractivity contribution in [3.63, 3.8) is 0 Å². The van der Waals surface area contributed by atoms with Gasteiger partial charge in [-0.15, -0.1) is 0 Å². The summed E-state index contributed by atoms with van der Waals surface area (Å²) in [5, 5.41) is 6.70. The standard InChI is InChI=1S/C20H28N2O2/c1-14-13-22-18-12-17(8-9-19(18)24-14)20(23)15(2)21-11-10-16-6-4-3-5-7-16/h6,8-9,12,14-15,21-22H,3-5,7,10-11,13H2,1-2H3. The van der Waals surface area contributed by atoms with E-state index >= 15 is 0 Å². The van der Waals surface area contributed by atoms with Gasteiger partial charge in [0.2, 0.25) is 0 Å². The van der Waals surface area contributed by atoms with E-state index in [-0.39, 0.29) is 17.9 Å². The van der Waals surface area contributed by atoms with Gasteiger partial charge in [0, 0.05) is 5.56 Å². The van der Waals surface area contributed by atoms with Crippen LogP contribution in [0.2, 0.25) is 0 Å². The Morgan fingerprint density at radius 2 is 2.29 bits per heavy atom. The molecule has 24 heavy (non-hydrogen) atoms. The number of Topliss-reactive ketones (excluding diaryl/α,β-unsaturated/α-hetero) is 1. The molecule has 2 atom stereocenters. The predicted molar refractivity (Wildman–Crippen MR) is 98.0 cm³/mol. The van der Waals surface area contributed by atoms with Gasteiger partial charge in [0.05, 0.1) is 18.3 Å². The Labute approximate surface area is 144 Å². The average Bonchev–Trinajstić information content (AvgIpc) is 2.61. The first kappa shape index (κ1) is 17.0. The minimum Gasteiger partial charge on any atom is -0.487 e. The summed E-state index contributed by atoms with van der Waals surface area (Å²) in [6, 6.07) is 5.49. The monoisotopic (exact) mass is 328 g/mol. The number of anilines is 1. The lowest BCUT2D eigenvalue weighted by molar-refractivity contribution is 0.0951. The lowest BCUT2D eigenvalue weighted by Gasteiger charge is -2.25. The van der Waals surface area contributed by atoms with Gasteiger partial charge in [-0.1, -0.05) is 11.6 Å². The van der Waals surface area contributed by atoms with E-state index in [0.29, 0.717) is 0 Å². The highest BCUT2D eigenvalue weighted by Gasteiger charge is 2.20. The molecule has 0 bridgehead atoms. The topological polar surface area (TPSA) is 50.4 Å². The van der Waals surface area contributed by atoms with E-state index in [0.717, 1.165) is 36.5 Å². The van der Waals surface area contributed by atoms with E-state index in [9.17, 15) is 4.79 Å². The van der Waals surface area contributed by atoms with Crippen molar-refractivity contribution in [1.82, 2.24) is 5.32 Å². The number of hydrogen-bond acceptors (Lipinski definition) is 4. The molecule has 4 nitrogen and oxygen atoms in total. The van der Waals surface area contributed by atoms with E-state index in [1.54, 1.807) is 0 Å². The third kappa shape index (κ3) is 4.18. The van der Waals surface area contributed by atoms with E-state index in [4.69, 9.17) is 4.74 Å². The van der Waals surface area contributed by atoms with Crippen LogP contribution in [0.25, 0.3) is 0 Å². The molecule has 0 spiro atoms. The summed E-state index contributed by atoms with van der Waals surface area (Å²) in [4.78, 5) is 12.6. The molecule has 0 saturated carbocycles. The number of carbonyl (C=O) groups excluding carboxylic acids is 1. The summed E-state index contributed by atoms with van der Waals surface area (Å²) in [6.45, 7) is 5.61. The Bertz CT molecular complexity index is 624. The molecule has 4 heteroatoms. The van der Waals surface area contributed by atoms with Crippen LogP contribution in [-0.4, -0.2) is 31.0 Å². The first-order chi connectivity index (χ1) is 11.6. The van der Waals surface area contributed by atoms with Crippen molar-refractivity contribution in [1.29, 1.82) is 0 Å². The number of carbonyl (C=O) groups is 1. The molecule has 0 saturated heterocycles. The number of fused-ring (bicyclic) bond motifs is 1. The third-order valence-electron chi connectivity index (χ3n) is 4.85. The van der Waals surface area contributed by atoms with Crippen molar-refractivity contribution in [2.75, 3.05) is 18.4 Å². The number of benzene rings is 1. The van der Waals surface area contributed by atoms with Gasteiger partial charge in [-0.05, 0) is 70.7 Å². The van der Waals surface area contributed by atoms with Gasteiger partial charge >= 0.3 is 0 Å². The Morgan fingerprint density at radius 3 is 3.08 bits per heavy atom. The van der Waals surface area contributed by atoms with Gasteiger partial charge in [-0.2, -0.15) is 0 Å². The van der Waals surface area contributed by atoms with E-state index in [2.05, 4.69) is 16.7 Å². The van der Waals surface area contributed by atoms with Crippen LogP contribution >= 0.6 is 0 Å². The first-order valence-corrected chi connectivity index (χ1v) is 9.13. The lowest BCUT2D eigenvalue weighted by Crippen LogP contribution is -2.35. The average molecular weight is 328 g/mol. The highest BCUT2D eigenvalue weighted by molar-refractivity contribution is 6.01. The normalized spacial score (nSPS) is 21.1. The Kier molecular flexibility index (Phi) is 5.56. The summed E-state index contributed by atoms with van der Waals surface area (Å²) in [5.41, 5.74) is 3.19. The molecule has 2 aliphatic rings. The molecule has 3 rings (SSSR count). The fraction of sp³-hybridized carbons (Fsp3) is 0.550. The third-order valence-corrected chi connectivity index (χ3v) is 4.85. The Hall–Kier alpha value is -1.81. The zero-order valence-electron chi connectivity index (χ0n) is 14.7. The molecule has 1 aliphatic heterocycles. The molecule has 2 unspecified atom stereocenters. The fourth-order valence-electron chi connectivity index (χ4n) is 3.36. The van der Waals surface area contributed by atoms with Crippen LogP contribution in [0, 0.1) is 0 Å². The minimum atomic E-state index is -0.171. The molecule has 0 fully saturated rings. The van der Waals surface area contributed by atoms with Crippen molar-refractivity contribution in [2.45, 2.75) is 58.1 Å². The van der Waals surface area contributed by atoms with E-state index in [1.807, 2.05) is 32.0 Å². The highest BCUT2D eigenvalue weighted by atomic mass is 16.5. The van der Waals surface area contributed by atoms with E-state index < -0.39 is 0 Å². The number of hydrogen-bond donors (Lipinski definition) is 2.